The van der Waals surface area contributed by atoms with Gasteiger partial charge >= 0.3 is 0 Å². The van der Waals surface area contributed by atoms with Crippen molar-refractivity contribution in [2.75, 3.05) is 13.6 Å². The van der Waals surface area contributed by atoms with Gasteiger partial charge in [-0.2, -0.15) is 0 Å². The summed E-state index contributed by atoms with van der Waals surface area (Å²) in [7, 11) is 0. The Morgan fingerprint density at radius 2 is 1.06 bits per heavy atom. The van der Waals surface area contributed by atoms with Crippen LogP contribution in [0.15, 0.2) is 96.6 Å². The van der Waals surface area contributed by atoms with Crippen molar-refractivity contribution in [3.63, 3.8) is 0 Å². The molecule has 0 saturated heterocycles. The smallest absolute Gasteiger partial charge is 0.231 e. The Morgan fingerprint density at radius 1 is 0.553 bits per heavy atom. The monoisotopic (exact) mass is 620 g/mol. The molecule has 0 radical (unpaired) electrons. The molecule has 10 rings (SSSR count). The molecule has 234 valence electrons. The fourth-order valence-electron chi connectivity index (χ4n) is 8.74. The molecule has 1 fully saturated rings. The van der Waals surface area contributed by atoms with Crippen molar-refractivity contribution in [1.29, 1.82) is 0 Å². The zero-order valence-electron chi connectivity index (χ0n) is 26.2. The molecule has 2 aliphatic heterocycles. The molecule has 0 bridgehead atoms. The number of benzene rings is 4. The van der Waals surface area contributed by atoms with Gasteiger partial charge < -0.3 is 28.9 Å². The Morgan fingerprint density at radius 3 is 1.64 bits per heavy atom. The van der Waals surface area contributed by atoms with E-state index in [2.05, 4.69) is 101 Å². The Labute approximate surface area is 273 Å². The molecule has 2 N–H and O–H groups in total. The van der Waals surface area contributed by atoms with Gasteiger partial charge in [0.05, 0.1) is 22.4 Å². The van der Waals surface area contributed by atoms with Gasteiger partial charge in [0, 0.05) is 34.7 Å². The Hall–Kier alpha value is -5.10. The topological polar surface area (TPSA) is 68.5 Å². The Kier molecular flexibility index (Phi) is 6.18. The summed E-state index contributed by atoms with van der Waals surface area (Å²) in [4.78, 5) is 7.72. The third kappa shape index (κ3) is 4.38. The van der Waals surface area contributed by atoms with Crippen molar-refractivity contribution < 1.29 is 18.9 Å². The molecule has 2 atom stereocenters. The fourth-order valence-corrected chi connectivity index (χ4v) is 8.74. The lowest BCUT2D eigenvalue weighted by Gasteiger charge is -2.25. The van der Waals surface area contributed by atoms with Crippen molar-refractivity contribution in [2.45, 2.75) is 50.4 Å². The van der Waals surface area contributed by atoms with Crippen LogP contribution in [0.25, 0.3) is 44.3 Å². The maximum absolute atomic E-state index is 5.95. The predicted octanol–water partition coefficient (Wildman–Crippen LogP) is 10.2. The van der Waals surface area contributed by atoms with Crippen LogP contribution < -0.4 is 18.9 Å². The second-order valence-corrected chi connectivity index (χ2v) is 13.5. The molecule has 2 aliphatic carbocycles. The van der Waals surface area contributed by atoms with Gasteiger partial charge in [-0.15, -0.1) is 0 Å². The summed E-state index contributed by atoms with van der Waals surface area (Å²) in [6.07, 6.45) is 10.2. The summed E-state index contributed by atoms with van der Waals surface area (Å²) < 4.78 is 23.6. The lowest BCUT2D eigenvalue weighted by Crippen LogP contribution is -2.10. The molecule has 4 aliphatic rings. The first-order chi connectivity index (χ1) is 23.3. The van der Waals surface area contributed by atoms with Crippen LogP contribution in [0.3, 0.4) is 0 Å². The number of aromatic nitrogens is 2. The van der Waals surface area contributed by atoms with Crippen LogP contribution in [-0.4, -0.2) is 23.6 Å². The molecule has 4 aromatic carbocycles. The minimum Gasteiger partial charge on any atom is -0.454 e. The second-order valence-electron chi connectivity index (χ2n) is 13.5. The van der Waals surface area contributed by atoms with Crippen LogP contribution in [0, 0.1) is 5.92 Å². The van der Waals surface area contributed by atoms with Gasteiger partial charge in [-0.1, -0.05) is 91.6 Å². The average molecular weight is 621 g/mol. The number of hydrogen-bond acceptors (Lipinski definition) is 4. The van der Waals surface area contributed by atoms with E-state index in [9.17, 15) is 0 Å². The van der Waals surface area contributed by atoms with Crippen LogP contribution in [0.4, 0.5) is 0 Å². The summed E-state index contributed by atoms with van der Waals surface area (Å²) in [6, 6.07) is 30.2. The van der Waals surface area contributed by atoms with Gasteiger partial charge in [-0.3, -0.25) is 0 Å². The molecule has 0 spiro atoms. The number of nitrogens with one attached hydrogen (secondary N) is 2. The van der Waals surface area contributed by atoms with E-state index in [1.165, 1.54) is 76.5 Å². The predicted molar refractivity (Wildman–Crippen MR) is 184 cm³/mol. The highest BCUT2D eigenvalue weighted by Gasteiger charge is 2.39. The number of ether oxygens (including phenoxy) is 4. The zero-order chi connectivity index (χ0) is 30.9. The maximum Gasteiger partial charge on any atom is 0.231 e. The average Bonchev–Trinajstić information content (AvgIpc) is 3.96. The summed E-state index contributed by atoms with van der Waals surface area (Å²) in [6.45, 7) is 0.515. The van der Waals surface area contributed by atoms with Crippen molar-refractivity contribution in [3.8, 4) is 45.5 Å². The van der Waals surface area contributed by atoms with E-state index in [4.69, 9.17) is 18.9 Å². The molecule has 4 heterocycles. The van der Waals surface area contributed by atoms with Crippen molar-refractivity contribution in [2.24, 2.45) is 5.92 Å². The van der Waals surface area contributed by atoms with Gasteiger partial charge in [0.25, 0.3) is 0 Å². The van der Waals surface area contributed by atoms with E-state index in [0.717, 1.165) is 40.5 Å². The second kappa shape index (κ2) is 10.7. The van der Waals surface area contributed by atoms with Crippen LogP contribution >= 0.6 is 0 Å². The first-order valence-electron chi connectivity index (χ1n) is 17.0. The van der Waals surface area contributed by atoms with Gasteiger partial charge in [-0.25, -0.2) is 0 Å². The first kappa shape index (κ1) is 27.1. The standard InChI is InChI=1S/C41H36N2O4/c1-4-10-24(11-5-1)27-16-28(38-30-18-34-36(46-22-44-34)20-32(30)42-40(38)25-12-6-2-7-13-25)29(17-27)39-31-19-35-37(47-23-45-35)21-33(31)43-41(39)26-14-8-3-9-15-26/h2-3,6-9,12-16,18-21,24,28-29,42-43H,1,4-5,10-11,17,22-23H2/t28-,29-/m1/s1. The summed E-state index contributed by atoms with van der Waals surface area (Å²) >= 11 is 0. The molecule has 6 heteroatoms. The van der Waals surface area contributed by atoms with Crippen LogP contribution in [0.5, 0.6) is 23.0 Å². The normalized spacial score (nSPS) is 20.4. The van der Waals surface area contributed by atoms with Crippen LogP contribution in [0.2, 0.25) is 0 Å². The largest absolute Gasteiger partial charge is 0.454 e. The van der Waals surface area contributed by atoms with E-state index in [0.29, 0.717) is 5.92 Å². The summed E-state index contributed by atoms with van der Waals surface area (Å²) in [5.41, 5.74) is 11.2. The Balaban J connectivity index is 1.24. The molecule has 6 aromatic rings. The number of fused-ring (bicyclic) bond motifs is 4. The lowest BCUT2D eigenvalue weighted by molar-refractivity contribution is 0.173. The van der Waals surface area contributed by atoms with E-state index in [-0.39, 0.29) is 25.4 Å². The number of H-pyrrole nitrogens is 2. The summed E-state index contributed by atoms with van der Waals surface area (Å²) in [5.74, 6) is 4.21. The van der Waals surface area contributed by atoms with Crippen molar-refractivity contribution >= 4 is 21.8 Å². The highest BCUT2D eigenvalue weighted by Crippen LogP contribution is 2.56. The van der Waals surface area contributed by atoms with Crippen molar-refractivity contribution in [1.82, 2.24) is 9.97 Å². The molecule has 47 heavy (non-hydrogen) atoms. The molecule has 2 aromatic heterocycles. The van der Waals surface area contributed by atoms with Crippen LogP contribution in [-0.2, 0) is 0 Å². The van der Waals surface area contributed by atoms with Gasteiger partial charge in [-0.05, 0) is 59.6 Å². The van der Waals surface area contributed by atoms with E-state index in [1.54, 1.807) is 5.57 Å². The molecule has 0 unspecified atom stereocenters. The highest BCUT2D eigenvalue weighted by molar-refractivity contribution is 5.97. The minimum absolute atomic E-state index is 0.142. The third-order valence-electron chi connectivity index (χ3n) is 10.9. The number of rotatable bonds is 5. The lowest BCUT2D eigenvalue weighted by atomic mass is 9.78. The Bertz CT molecular complexity index is 2170. The number of aromatic amines is 2. The third-order valence-corrected chi connectivity index (χ3v) is 10.9. The van der Waals surface area contributed by atoms with Gasteiger partial charge in [0.15, 0.2) is 23.0 Å². The minimum atomic E-state index is 0.142. The molecule has 6 nitrogen and oxygen atoms in total. The quantitative estimate of drug-likeness (QED) is 0.188. The maximum atomic E-state index is 5.95. The molecular formula is C41H36N2O4. The zero-order valence-corrected chi connectivity index (χ0v) is 26.2. The molecule has 1 saturated carbocycles. The van der Waals surface area contributed by atoms with Gasteiger partial charge in [0.2, 0.25) is 13.6 Å². The number of hydrogen-bond donors (Lipinski definition) is 2. The molecule has 0 amide bonds. The van der Waals surface area contributed by atoms with Crippen molar-refractivity contribution in [3.05, 3.63) is 108 Å². The van der Waals surface area contributed by atoms with E-state index >= 15 is 0 Å². The number of allylic oxidation sites excluding steroid dienone is 2. The van der Waals surface area contributed by atoms with Crippen LogP contribution in [0.1, 0.15) is 61.5 Å². The van der Waals surface area contributed by atoms with Gasteiger partial charge in [0.1, 0.15) is 0 Å². The van der Waals surface area contributed by atoms with E-state index < -0.39 is 0 Å². The SMILES string of the molecule is C1=C(C2CCCCC2)C[C@@H](c2c(-c3ccccc3)[nH]c3cc4c(cc23)OCO4)[C@@H]1c1c(-c2ccccc2)[nH]c2cc3c(cc12)OCO3. The summed E-state index contributed by atoms with van der Waals surface area (Å²) in [5, 5.41) is 2.41. The fraction of sp³-hybridized carbons (Fsp3) is 0.268. The highest BCUT2D eigenvalue weighted by atomic mass is 16.7. The first-order valence-corrected chi connectivity index (χ1v) is 17.0. The van der Waals surface area contributed by atoms with E-state index in [1.807, 2.05) is 0 Å². The molecular weight excluding hydrogens is 584 g/mol.